The molecule has 0 radical (unpaired) electrons. The van der Waals surface area contributed by atoms with Gasteiger partial charge in [-0.1, -0.05) is 23.2 Å². The number of benzene rings is 1. The van der Waals surface area contributed by atoms with E-state index in [9.17, 15) is 4.79 Å². The van der Waals surface area contributed by atoms with Crippen LogP contribution in [0.4, 0.5) is 5.69 Å². The average molecular weight is 323 g/mol. The van der Waals surface area contributed by atoms with Gasteiger partial charge in [0, 0.05) is 16.8 Å². The second-order valence-corrected chi connectivity index (χ2v) is 5.85. The zero-order valence-corrected chi connectivity index (χ0v) is 12.9. The van der Waals surface area contributed by atoms with Crippen molar-refractivity contribution in [1.82, 2.24) is 4.98 Å². The fraction of sp³-hybridized carbons (Fsp3) is 0.200. The van der Waals surface area contributed by atoms with E-state index in [1.165, 1.54) is 6.20 Å². The van der Waals surface area contributed by atoms with Crippen LogP contribution in [0.1, 0.15) is 18.2 Å². The molecule has 0 fully saturated rings. The van der Waals surface area contributed by atoms with Crippen LogP contribution in [0, 0.1) is 0 Å². The van der Waals surface area contributed by atoms with Crippen LogP contribution in [0.5, 0.6) is 5.75 Å². The van der Waals surface area contributed by atoms with Gasteiger partial charge in [0.2, 0.25) is 5.91 Å². The number of methoxy groups -OCH3 is 1. The highest BCUT2D eigenvalue weighted by Gasteiger charge is 2.47. The molecule has 0 saturated heterocycles. The molecule has 21 heavy (non-hydrogen) atoms. The Labute approximate surface area is 132 Å². The van der Waals surface area contributed by atoms with E-state index in [0.29, 0.717) is 32.7 Å². The lowest BCUT2D eigenvalue weighted by atomic mass is 9.79. The quantitative estimate of drug-likeness (QED) is 0.918. The summed E-state index contributed by atoms with van der Waals surface area (Å²) in [6, 6.07) is 6.87. The number of aromatic nitrogens is 1. The predicted octanol–water partition coefficient (Wildman–Crippen LogP) is 3.66. The highest BCUT2D eigenvalue weighted by Crippen LogP contribution is 2.45. The summed E-state index contributed by atoms with van der Waals surface area (Å²) in [4.78, 5) is 16.9. The number of hydrogen-bond donors (Lipinski definition) is 1. The van der Waals surface area contributed by atoms with Crippen LogP contribution < -0.4 is 10.1 Å². The zero-order valence-electron chi connectivity index (χ0n) is 11.4. The molecule has 2 aromatic rings. The van der Waals surface area contributed by atoms with E-state index in [-0.39, 0.29) is 5.91 Å². The van der Waals surface area contributed by atoms with Crippen molar-refractivity contribution in [1.29, 1.82) is 0 Å². The van der Waals surface area contributed by atoms with Crippen LogP contribution in [0.15, 0.2) is 30.5 Å². The maximum Gasteiger partial charge on any atom is 0.241 e. The molecular weight excluding hydrogens is 311 g/mol. The van der Waals surface area contributed by atoms with Crippen LogP contribution in [0.25, 0.3) is 0 Å². The molecule has 108 valence electrons. The van der Waals surface area contributed by atoms with Crippen LogP contribution in [-0.4, -0.2) is 18.0 Å². The third-order valence-electron chi connectivity index (χ3n) is 3.73. The molecule has 3 rings (SSSR count). The average Bonchev–Trinajstić information content (AvgIpc) is 2.70. The van der Waals surface area contributed by atoms with Gasteiger partial charge >= 0.3 is 0 Å². The number of nitrogens with one attached hydrogen (secondary N) is 1. The second kappa shape index (κ2) is 4.90. The molecule has 0 saturated carbocycles. The highest BCUT2D eigenvalue weighted by atomic mass is 35.5. The minimum Gasteiger partial charge on any atom is -0.496 e. The molecule has 1 aliphatic rings. The largest absolute Gasteiger partial charge is 0.496 e. The predicted molar refractivity (Wildman–Crippen MR) is 82.3 cm³/mol. The maximum atomic E-state index is 12.6. The second-order valence-electron chi connectivity index (χ2n) is 4.97. The van der Waals surface area contributed by atoms with Gasteiger partial charge in [0.05, 0.1) is 23.5 Å². The summed E-state index contributed by atoms with van der Waals surface area (Å²) in [5, 5.41) is 3.81. The third kappa shape index (κ3) is 2.06. The van der Waals surface area contributed by atoms with Crippen molar-refractivity contribution in [3.05, 3.63) is 51.8 Å². The molecule has 1 atom stereocenters. The van der Waals surface area contributed by atoms with E-state index < -0.39 is 5.41 Å². The normalized spacial score (nSPS) is 20.1. The molecule has 1 aromatic carbocycles. The maximum absolute atomic E-state index is 12.6. The van der Waals surface area contributed by atoms with Crippen molar-refractivity contribution in [3.8, 4) is 5.75 Å². The van der Waals surface area contributed by atoms with E-state index in [2.05, 4.69) is 10.3 Å². The molecule has 6 heteroatoms. The number of rotatable bonds is 2. The lowest BCUT2D eigenvalue weighted by Crippen LogP contribution is -2.33. The summed E-state index contributed by atoms with van der Waals surface area (Å²) in [5.41, 5.74) is 0.911. The number of ether oxygens (including phenoxy) is 1. The Hall–Kier alpha value is -1.78. The summed E-state index contributed by atoms with van der Waals surface area (Å²) in [5.74, 6) is 0.398. The van der Waals surface area contributed by atoms with Crippen molar-refractivity contribution >= 4 is 34.8 Å². The Morgan fingerprint density at radius 2 is 2.00 bits per heavy atom. The van der Waals surface area contributed by atoms with Crippen LogP contribution in [-0.2, 0) is 10.2 Å². The van der Waals surface area contributed by atoms with E-state index in [1.807, 2.05) is 0 Å². The van der Waals surface area contributed by atoms with Gasteiger partial charge in [-0.15, -0.1) is 0 Å². The Kier molecular flexibility index (Phi) is 3.30. The molecule has 2 heterocycles. The van der Waals surface area contributed by atoms with Crippen molar-refractivity contribution in [2.75, 3.05) is 12.4 Å². The summed E-state index contributed by atoms with van der Waals surface area (Å²) in [7, 11) is 1.55. The van der Waals surface area contributed by atoms with Gasteiger partial charge in [-0.3, -0.25) is 9.78 Å². The van der Waals surface area contributed by atoms with Gasteiger partial charge in [0.1, 0.15) is 11.2 Å². The number of hydrogen-bond acceptors (Lipinski definition) is 3. The Balaban J connectivity index is 2.27. The van der Waals surface area contributed by atoms with Gasteiger partial charge in [-0.05, 0) is 31.2 Å². The Morgan fingerprint density at radius 1 is 1.24 bits per heavy atom. The molecule has 1 aliphatic heterocycles. The van der Waals surface area contributed by atoms with Crippen molar-refractivity contribution in [3.63, 3.8) is 0 Å². The molecular formula is C15H12Cl2N2O2. The number of pyridine rings is 1. The first-order chi connectivity index (χ1) is 9.96. The van der Waals surface area contributed by atoms with Gasteiger partial charge < -0.3 is 10.1 Å². The van der Waals surface area contributed by atoms with E-state index in [4.69, 9.17) is 27.9 Å². The fourth-order valence-electron chi connectivity index (χ4n) is 2.61. The highest BCUT2D eigenvalue weighted by molar-refractivity contribution is 6.31. The summed E-state index contributed by atoms with van der Waals surface area (Å²) in [6.45, 7) is 1.79. The number of carbonyl (C=O) groups is 1. The first kappa shape index (κ1) is 14.2. The van der Waals surface area contributed by atoms with Gasteiger partial charge in [0.25, 0.3) is 0 Å². The first-order valence-corrected chi connectivity index (χ1v) is 7.04. The summed E-state index contributed by atoms with van der Waals surface area (Å²) in [6.07, 6.45) is 1.52. The van der Waals surface area contributed by atoms with Gasteiger partial charge in [0.15, 0.2) is 0 Å². The molecule has 1 aromatic heterocycles. The number of carbonyl (C=O) groups excluding carboxylic acids is 1. The first-order valence-electron chi connectivity index (χ1n) is 6.28. The van der Waals surface area contributed by atoms with Gasteiger partial charge in [-0.2, -0.15) is 0 Å². The van der Waals surface area contributed by atoms with Crippen LogP contribution >= 0.6 is 23.2 Å². The minimum absolute atomic E-state index is 0.187. The molecule has 0 spiro atoms. The molecule has 0 unspecified atom stereocenters. The van der Waals surface area contributed by atoms with Crippen molar-refractivity contribution in [2.24, 2.45) is 0 Å². The SMILES string of the molecule is COc1ccc(Cl)cc1[C@@]1(C)C(=O)Nc2cc(Cl)cnc21. The smallest absolute Gasteiger partial charge is 0.241 e. The van der Waals surface area contributed by atoms with Crippen LogP contribution in [0.2, 0.25) is 10.0 Å². The van der Waals surface area contributed by atoms with Crippen molar-refractivity contribution < 1.29 is 9.53 Å². The minimum atomic E-state index is -0.976. The molecule has 1 amide bonds. The number of fused-ring (bicyclic) bond motifs is 1. The van der Waals surface area contributed by atoms with E-state index in [1.54, 1.807) is 38.3 Å². The molecule has 1 N–H and O–H groups in total. The van der Waals surface area contributed by atoms with Gasteiger partial charge in [-0.25, -0.2) is 0 Å². The number of halogens is 2. The van der Waals surface area contributed by atoms with E-state index >= 15 is 0 Å². The summed E-state index contributed by atoms with van der Waals surface area (Å²) >= 11 is 12.0. The summed E-state index contributed by atoms with van der Waals surface area (Å²) < 4.78 is 5.37. The van der Waals surface area contributed by atoms with Crippen LogP contribution in [0.3, 0.4) is 0 Å². The van der Waals surface area contributed by atoms with Crippen molar-refractivity contribution in [2.45, 2.75) is 12.3 Å². The molecule has 0 bridgehead atoms. The monoisotopic (exact) mass is 322 g/mol. The molecule has 0 aliphatic carbocycles. The number of nitrogens with zero attached hydrogens (tertiary/aromatic N) is 1. The number of amides is 1. The number of anilines is 1. The zero-order chi connectivity index (χ0) is 15.2. The topological polar surface area (TPSA) is 51.2 Å². The molecule has 4 nitrogen and oxygen atoms in total. The Bertz CT molecular complexity index is 748. The fourth-order valence-corrected chi connectivity index (χ4v) is 2.94. The standard InChI is InChI=1S/C15H12Cl2N2O2/c1-15(10-5-8(16)3-4-12(10)21-2)13-11(19-14(15)20)6-9(17)7-18-13/h3-7H,1-2H3,(H,19,20)/t15-/m1/s1. The third-order valence-corrected chi connectivity index (χ3v) is 4.17. The lowest BCUT2D eigenvalue weighted by molar-refractivity contribution is -0.119. The van der Waals surface area contributed by atoms with E-state index in [0.717, 1.165) is 0 Å². The Morgan fingerprint density at radius 3 is 2.71 bits per heavy atom. The lowest BCUT2D eigenvalue weighted by Gasteiger charge is -2.24.